The molecule has 0 aliphatic carbocycles. The molecule has 1 heterocycles. The summed E-state index contributed by atoms with van der Waals surface area (Å²) in [5, 5.41) is 19.8. The Bertz CT molecular complexity index is 1370. The molecule has 1 aromatic heterocycles. The first kappa shape index (κ1) is 29.2. The molecule has 0 saturated carbocycles. The normalized spacial score (nSPS) is 11.8. The van der Waals surface area contributed by atoms with E-state index in [-0.39, 0.29) is 0 Å². The molecule has 0 radical (unpaired) electrons. The van der Waals surface area contributed by atoms with Crippen LogP contribution >= 0.6 is 11.8 Å². The summed E-state index contributed by atoms with van der Waals surface area (Å²) in [4.78, 5) is 12.1. The van der Waals surface area contributed by atoms with Gasteiger partial charge < -0.3 is 19.1 Å². The highest BCUT2D eigenvalue weighted by atomic mass is 32.2. The van der Waals surface area contributed by atoms with Crippen molar-refractivity contribution in [2.75, 3.05) is 7.11 Å². The number of nitrogens with zero attached hydrogens (tertiary/aromatic N) is 3. The van der Waals surface area contributed by atoms with Crippen molar-refractivity contribution < 1.29 is 19.4 Å². The van der Waals surface area contributed by atoms with Crippen LogP contribution in [0.15, 0.2) is 78.0 Å². The summed E-state index contributed by atoms with van der Waals surface area (Å²) < 4.78 is 13.6. The molecule has 4 aromatic rings. The third-order valence-corrected chi connectivity index (χ3v) is 7.67. The Labute approximate surface area is 240 Å². The molecule has 0 bridgehead atoms. The van der Waals surface area contributed by atoms with Crippen molar-refractivity contribution in [3.63, 3.8) is 0 Å². The van der Waals surface area contributed by atoms with Crippen LogP contribution < -0.4 is 9.47 Å². The minimum Gasteiger partial charge on any atom is -0.497 e. The van der Waals surface area contributed by atoms with Crippen LogP contribution in [0.3, 0.4) is 0 Å². The maximum atomic E-state index is 12.1. The summed E-state index contributed by atoms with van der Waals surface area (Å²) in [5.74, 6) is 2.19. The fourth-order valence-corrected chi connectivity index (χ4v) is 5.40. The van der Waals surface area contributed by atoms with Crippen molar-refractivity contribution in [3.05, 3.63) is 101 Å². The maximum Gasteiger partial charge on any atom is 0.349 e. The molecule has 40 heavy (non-hydrogen) atoms. The van der Waals surface area contributed by atoms with Gasteiger partial charge in [-0.25, -0.2) is 4.79 Å². The van der Waals surface area contributed by atoms with Crippen molar-refractivity contribution >= 4 is 17.7 Å². The SMILES string of the molecule is CCCCc1nnc(SCc2ccc(OC)cc2)n1Cc1ccc(OC(C(=O)O)c2ccccc2)c(CCC)c1. The summed E-state index contributed by atoms with van der Waals surface area (Å²) in [6, 6.07) is 23.2. The van der Waals surface area contributed by atoms with E-state index in [1.165, 1.54) is 5.56 Å². The quantitative estimate of drug-likeness (QED) is 0.155. The van der Waals surface area contributed by atoms with Gasteiger partial charge in [-0.15, -0.1) is 10.2 Å². The first-order valence-electron chi connectivity index (χ1n) is 13.8. The van der Waals surface area contributed by atoms with E-state index in [9.17, 15) is 9.90 Å². The molecular weight excluding hydrogens is 522 g/mol. The van der Waals surface area contributed by atoms with E-state index in [0.29, 0.717) is 17.9 Å². The van der Waals surface area contributed by atoms with Crippen LogP contribution in [0.25, 0.3) is 0 Å². The first-order chi connectivity index (χ1) is 19.5. The molecular formula is C32H37N3O4S. The zero-order valence-electron chi connectivity index (χ0n) is 23.4. The number of unbranched alkanes of at least 4 members (excludes halogenated alkanes) is 1. The molecule has 8 heteroatoms. The second-order valence-electron chi connectivity index (χ2n) is 9.66. The number of rotatable bonds is 15. The van der Waals surface area contributed by atoms with E-state index in [4.69, 9.17) is 9.47 Å². The van der Waals surface area contributed by atoms with Crippen LogP contribution in [0.1, 0.15) is 67.3 Å². The zero-order chi connectivity index (χ0) is 28.3. The Morgan fingerprint density at radius 2 is 1.70 bits per heavy atom. The summed E-state index contributed by atoms with van der Waals surface area (Å²) in [5.41, 5.74) is 3.91. The van der Waals surface area contributed by atoms with Gasteiger partial charge in [0.25, 0.3) is 0 Å². The topological polar surface area (TPSA) is 86.5 Å². The molecule has 0 aliphatic rings. The predicted molar refractivity (Wildman–Crippen MR) is 158 cm³/mol. The van der Waals surface area contributed by atoms with E-state index in [1.54, 1.807) is 31.0 Å². The molecule has 210 valence electrons. The summed E-state index contributed by atoms with van der Waals surface area (Å²) in [6.07, 6.45) is 3.63. The number of aryl methyl sites for hydroxylation is 2. The number of carboxylic acids is 1. The molecule has 0 fully saturated rings. The molecule has 1 N–H and O–H groups in total. The number of carboxylic acid groups (broad SMARTS) is 1. The lowest BCUT2D eigenvalue weighted by Gasteiger charge is -2.19. The molecule has 3 aromatic carbocycles. The standard InChI is InChI=1S/C32H37N3O4S/c1-4-6-13-29-33-34-32(40-22-23-14-17-27(38-3)18-15-23)35(29)21-24-16-19-28(26(20-24)10-5-2)39-30(31(36)37)25-11-8-7-9-12-25/h7-9,11-12,14-20,30H,4-6,10,13,21-22H2,1-3H3,(H,36,37). The first-order valence-corrected chi connectivity index (χ1v) is 14.7. The van der Waals surface area contributed by atoms with E-state index in [0.717, 1.165) is 65.7 Å². The third-order valence-electron chi connectivity index (χ3n) is 6.63. The van der Waals surface area contributed by atoms with E-state index >= 15 is 0 Å². The predicted octanol–water partition coefficient (Wildman–Crippen LogP) is 7.13. The van der Waals surface area contributed by atoms with Crippen LogP contribution in [-0.4, -0.2) is 33.0 Å². The minimum absolute atomic E-state index is 0.603. The van der Waals surface area contributed by atoms with Crippen LogP contribution in [0.2, 0.25) is 0 Å². The third kappa shape index (κ3) is 7.66. The Kier molecular flexibility index (Phi) is 10.6. The molecule has 1 unspecified atom stereocenters. The Morgan fingerprint density at radius 3 is 2.38 bits per heavy atom. The molecule has 1 atom stereocenters. The molecule has 0 aliphatic heterocycles. The fourth-order valence-electron chi connectivity index (χ4n) is 4.48. The van der Waals surface area contributed by atoms with Crippen molar-refractivity contribution in [2.24, 2.45) is 0 Å². The Balaban J connectivity index is 1.57. The van der Waals surface area contributed by atoms with Gasteiger partial charge in [0.1, 0.15) is 17.3 Å². The van der Waals surface area contributed by atoms with Gasteiger partial charge in [-0.05, 0) is 47.7 Å². The van der Waals surface area contributed by atoms with Gasteiger partial charge in [-0.2, -0.15) is 0 Å². The summed E-state index contributed by atoms with van der Waals surface area (Å²) in [6.45, 7) is 4.92. The van der Waals surface area contributed by atoms with Crippen LogP contribution in [0.5, 0.6) is 11.5 Å². The van der Waals surface area contributed by atoms with Crippen molar-refractivity contribution in [3.8, 4) is 11.5 Å². The number of ether oxygens (including phenoxy) is 2. The Morgan fingerprint density at radius 1 is 0.950 bits per heavy atom. The number of hydrogen-bond acceptors (Lipinski definition) is 6. The summed E-state index contributed by atoms with van der Waals surface area (Å²) >= 11 is 1.67. The fraction of sp³-hybridized carbons (Fsp3) is 0.344. The van der Waals surface area contributed by atoms with Crippen molar-refractivity contribution in [1.82, 2.24) is 14.8 Å². The molecule has 0 amide bonds. The maximum absolute atomic E-state index is 12.1. The molecule has 4 rings (SSSR count). The number of thioether (sulfide) groups is 1. The van der Waals surface area contributed by atoms with Crippen LogP contribution in [0.4, 0.5) is 0 Å². The molecule has 7 nitrogen and oxygen atoms in total. The van der Waals surface area contributed by atoms with Gasteiger partial charge in [0.15, 0.2) is 5.16 Å². The molecule has 0 spiro atoms. The van der Waals surface area contributed by atoms with Gasteiger partial charge in [-0.3, -0.25) is 0 Å². The van der Waals surface area contributed by atoms with Gasteiger partial charge in [-0.1, -0.05) is 93.0 Å². The highest BCUT2D eigenvalue weighted by molar-refractivity contribution is 7.98. The minimum atomic E-state index is -1.07. The average Bonchev–Trinajstić information content (AvgIpc) is 3.36. The van der Waals surface area contributed by atoms with Gasteiger partial charge in [0, 0.05) is 17.7 Å². The van der Waals surface area contributed by atoms with Crippen molar-refractivity contribution in [1.29, 1.82) is 0 Å². The number of methoxy groups -OCH3 is 1. The number of aromatic nitrogens is 3. The summed E-state index contributed by atoms with van der Waals surface area (Å²) in [7, 11) is 1.67. The lowest BCUT2D eigenvalue weighted by molar-refractivity contribution is -0.145. The number of aliphatic carboxylic acids is 1. The lowest BCUT2D eigenvalue weighted by atomic mass is 10.0. The zero-order valence-corrected chi connectivity index (χ0v) is 24.2. The number of hydrogen-bond donors (Lipinski definition) is 1. The van der Waals surface area contributed by atoms with Crippen LogP contribution in [-0.2, 0) is 29.9 Å². The number of carbonyl (C=O) groups is 1. The largest absolute Gasteiger partial charge is 0.497 e. The van der Waals surface area contributed by atoms with E-state index in [2.05, 4.69) is 46.8 Å². The molecule has 0 saturated heterocycles. The smallest absolute Gasteiger partial charge is 0.349 e. The highest BCUT2D eigenvalue weighted by Gasteiger charge is 2.23. The van der Waals surface area contributed by atoms with Gasteiger partial charge in [0.05, 0.1) is 13.7 Å². The van der Waals surface area contributed by atoms with Gasteiger partial charge >= 0.3 is 5.97 Å². The second kappa shape index (κ2) is 14.6. The highest BCUT2D eigenvalue weighted by Crippen LogP contribution is 2.30. The monoisotopic (exact) mass is 559 g/mol. The van der Waals surface area contributed by atoms with E-state index in [1.807, 2.05) is 42.5 Å². The van der Waals surface area contributed by atoms with Gasteiger partial charge in [0.2, 0.25) is 6.10 Å². The lowest BCUT2D eigenvalue weighted by Crippen LogP contribution is -2.19. The Hall–Kier alpha value is -3.78. The number of benzene rings is 3. The second-order valence-corrected chi connectivity index (χ2v) is 10.6. The van der Waals surface area contributed by atoms with E-state index < -0.39 is 12.1 Å². The van der Waals surface area contributed by atoms with Crippen molar-refractivity contribution in [2.45, 2.75) is 69.5 Å². The average molecular weight is 560 g/mol. The van der Waals surface area contributed by atoms with Crippen LogP contribution in [0, 0.1) is 0 Å².